The molecular formula is C30H36F3NO5. The largest absolute Gasteiger partial charge is 0.416 e. The third-order valence-electron chi connectivity index (χ3n) is 7.63. The maximum Gasteiger partial charge on any atom is 0.416 e. The molecule has 39 heavy (non-hydrogen) atoms. The van der Waals surface area contributed by atoms with E-state index in [1.165, 1.54) is 6.07 Å². The highest BCUT2D eigenvalue weighted by Gasteiger charge is 2.58. The van der Waals surface area contributed by atoms with Gasteiger partial charge in [0.15, 0.2) is 11.4 Å². The first-order valence-electron chi connectivity index (χ1n) is 13.5. The van der Waals surface area contributed by atoms with E-state index in [1.807, 2.05) is 31.2 Å². The van der Waals surface area contributed by atoms with Gasteiger partial charge in [-0.3, -0.25) is 4.79 Å². The molecule has 5 rings (SSSR count). The minimum absolute atomic E-state index is 0.0702. The van der Waals surface area contributed by atoms with Gasteiger partial charge in [-0.1, -0.05) is 42.0 Å². The maximum atomic E-state index is 13.8. The number of amides is 1. The number of carbonyl (C=O) groups is 1. The molecular weight excluding hydrogens is 511 g/mol. The molecule has 0 spiro atoms. The Bertz CT molecular complexity index is 1180. The standard InChI is InChI=1S/C30H36F3NO5/c1-19-6-4-7-21(12-19)18-37-29(27(35)34-16-20-10-11-20)14-24(26-25(15-29)38-28(2,3)39-26)36-17-22-8-5-9-23(13-22)30(31,32)33/h4-9,12-13,20,24-26H,10-11,14-18H2,1-3H3,(H,34,35)/t24?,25-,26+,29-/m1/s1. The SMILES string of the molecule is Cc1cccc(CO[C@]2(C(=O)NCC3CC3)CC(OCc3cccc(C(F)(F)F)c3)[C@@H]3OC(C)(C)O[C@@H]3C2)c1. The van der Waals surface area contributed by atoms with E-state index in [1.54, 1.807) is 19.9 Å². The number of alkyl halides is 3. The Kier molecular flexibility index (Phi) is 7.81. The predicted molar refractivity (Wildman–Crippen MR) is 138 cm³/mol. The Balaban J connectivity index is 1.39. The molecule has 2 aromatic carbocycles. The van der Waals surface area contributed by atoms with Gasteiger partial charge in [-0.2, -0.15) is 13.2 Å². The Morgan fingerprint density at radius 3 is 2.44 bits per heavy atom. The summed E-state index contributed by atoms with van der Waals surface area (Å²) in [5.74, 6) is -0.636. The van der Waals surface area contributed by atoms with Crippen molar-refractivity contribution in [2.24, 2.45) is 5.92 Å². The van der Waals surface area contributed by atoms with Crippen molar-refractivity contribution in [2.45, 2.75) is 95.5 Å². The summed E-state index contributed by atoms with van der Waals surface area (Å²) in [6.07, 6.45) is -3.39. The van der Waals surface area contributed by atoms with Crippen LogP contribution in [0, 0.1) is 12.8 Å². The third kappa shape index (κ3) is 6.82. The monoisotopic (exact) mass is 547 g/mol. The fraction of sp³-hybridized carbons (Fsp3) is 0.567. The van der Waals surface area contributed by atoms with Crippen LogP contribution in [-0.4, -0.2) is 42.2 Å². The first-order chi connectivity index (χ1) is 18.4. The Hall–Kier alpha value is -2.46. The molecule has 1 saturated heterocycles. The predicted octanol–water partition coefficient (Wildman–Crippen LogP) is 5.69. The van der Waals surface area contributed by atoms with Gasteiger partial charge in [0.2, 0.25) is 0 Å². The Morgan fingerprint density at radius 2 is 1.74 bits per heavy atom. The van der Waals surface area contributed by atoms with E-state index in [2.05, 4.69) is 5.32 Å². The molecule has 1 aliphatic heterocycles. The number of hydrogen-bond donors (Lipinski definition) is 1. The lowest BCUT2D eigenvalue weighted by Crippen LogP contribution is -2.60. The maximum absolute atomic E-state index is 13.8. The molecule has 1 amide bonds. The molecule has 4 atom stereocenters. The molecule has 3 aliphatic rings. The van der Waals surface area contributed by atoms with Crippen molar-refractivity contribution in [2.75, 3.05) is 6.54 Å². The van der Waals surface area contributed by atoms with Gasteiger partial charge >= 0.3 is 6.18 Å². The molecule has 2 aromatic rings. The van der Waals surface area contributed by atoms with Crippen LogP contribution < -0.4 is 5.32 Å². The summed E-state index contributed by atoms with van der Waals surface area (Å²) in [5, 5.41) is 3.08. The molecule has 6 nitrogen and oxygen atoms in total. The van der Waals surface area contributed by atoms with Gasteiger partial charge < -0.3 is 24.3 Å². The summed E-state index contributed by atoms with van der Waals surface area (Å²) in [7, 11) is 0. The van der Waals surface area contributed by atoms with Crippen molar-refractivity contribution in [3.63, 3.8) is 0 Å². The van der Waals surface area contributed by atoms with Crippen molar-refractivity contribution in [3.8, 4) is 0 Å². The second kappa shape index (κ2) is 10.8. The van der Waals surface area contributed by atoms with E-state index < -0.39 is 41.4 Å². The summed E-state index contributed by atoms with van der Waals surface area (Å²) in [6, 6.07) is 13.0. The topological polar surface area (TPSA) is 66.0 Å². The number of ether oxygens (including phenoxy) is 4. The Morgan fingerprint density at radius 1 is 1.03 bits per heavy atom. The van der Waals surface area contributed by atoms with Crippen molar-refractivity contribution < 1.29 is 36.9 Å². The molecule has 3 fully saturated rings. The van der Waals surface area contributed by atoms with Crippen molar-refractivity contribution in [1.29, 1.82) is 0 Å². The van der Waals surface area contributed by atoms with Crippen LogP contribution in [0.1, 0.15) is 61.8 Å². The highest BCUT2D eigenvalue weighted by molar-refractivity contribution is 5.85. The van der Waals surface area contributed by atoms with E-state index >= 15 is 0 Å². The van der Waals surface area contributed by atoms with Gasteiger partial charge in [0.25, 0.3) is 5.91 Å². The van der Waals surface area contributed by atoms with Crippen LogP contribution in [0.2, 0.25) is 0 Å². The lowest BCUT2D eigenvalue weighted by Gasteiger charge is -2.43. The summed E-state index contributed by atoms with van der Waals surface area (Å²) in [4.78, 5) is 13.8. The van der Waals surface area contributed by atoms with Crippen LogP contribution in [0.25, 0.3) is 0 Å². The van der Waals surface area contributed by atoms with Crippen LogP contribution in [0.15, 0.2) is 48.5 Å². The van der Waals surface area contributed by atoms with Gasteiger partial charge in [-0.05, 0) is 62.8 Å². The van der Waals surface area contributed by atoms with Gasteiger partial charge in [0.05, 0.1) is 31.0 Å². The minimum Gasteiger partial charge on any atom is -0.371 e. The van der Waals surface area contributed by atoms with Crippen molar-refractivity contribution in [3.05, 3.63) is 70.8 Å². The zero-order valence-electron chi connectivity index (χ0n) is 22.6. The number of carbonyl (C=O) groups excluding carboxylic acids is 1. The normalized spacial score (nSPS) is 28.2. The van der Waals surface area contributed by atoms with Crippen LogP contribution in [0.4, 0.5) is 13.2 Å². The first kappa shape index (κ1) is 28.1. The van der Waals surface area contributed by atoms with Crippen LogP contribution >= 0.6 is 0 Å². The number of fused-ring (bicyclic) bond motifs is 1. The zero-order chi connectivity index (χ0) is 27.8. The van der Waals surface area contributed by atoms with Gasteiger partial charge in [0.1, 0.15) is 6.10 Å². The second-order valence-electron chi connectivity index (χ2n) is 11.5. The van der Waals surface area contributed by atoms with Gasteiger partial charge in [-0.25, -0.2) is 0 Å². The van der Waals surface area contributed by atoms with Crippen LogP contribution in [0.3, 0.4) is 0 Å². The van der Waals surface area contributed by atoms with Gasteiger partial charge in [-0.15, -0.1) is 0 Å². The highest BCUT2D eigenvalue weighted by Crippen LogP contribution is 2.44. The van der Waals surface area contributed by atoms with Crippen LogP contribution in [0.5, 0.6) is 0 Å². The molecule has 2 saturated carbocycles. The van der Waals surface area contributed by atoms with Crippen molar-refractivity contribution >= 4 is 5.91 Å². The second-order valence-corrected chi connectivity index (χ2v) is 11.5. The average molecular weight is 548 g/mol. The number of nitrogens with one attached hydrogen (secondary N) is 1. The molecule has 9 heteroatoms. The molecule has 2 aliphatic carbocycles. The minimum atomic E-state index is -4.45. The quantitative estimate of drug-likeness (QED) is 0.437. The van der Waals surface area contributed by atoms with E-state index in [0.29, 0.717) is 18.0 Å². The average Bonchev–Trinajstić information content (AvgIpc) is 3.65. The first-order valence-corrected chi connectivity index (χ1v) is 13.5. The lowest BCUT2D eigenvalue weighted by atomic mass is 9.78. The third-order valence-corrected chi connectivity index (χ3v) is 7.63. The highest BCUT2D eigenvalue weighted by atomic mass is 19.4. The summed E-state index contributed by atoms with van der Waals surface area (Å²) >= 11 is 0. The molecule has 1 N–H and O–H groups in total. The molecule has 0 radical (unpaired) electrons. The van der Waals surface area contributed by atoms with Gasteiger partial charge in [0, 0.05) is 19.4 Å². The number of aryl methyl sites for hydroxylation is 1. The lowest BCUT2D eigenvalue weighted by molar-refractivity contribution is -0.183. The molecule has 212 valence electrons. The Labute approximate surface area is 227 Å². The van der Waals surface area contributed by atoms with E-state index in [-0.39, 0.29) is 32.0 Å². The zero-order valence-corrected chi connectivity index (χ0v) is 22.6. The molecule has 0 bridgehead atoms. The van der Waals surface area contributed by atoms with Crippen molar-refractivity contribution in [1.82, 2.24) is 5.32 Å². The molecule has 1 heterocycles. The smallest absolute Gasteiger partial charge is 0.371 e. The number of hydrogen-bond acceptors (Lipinski definition) is 5. The number of halogens is 3. The molecule has 1 unspecified atom stereocenters. The summed E-state index contributed by atoms with van der Waals surface area (Å²) in [6.45, 7) is 6.34. The van der Waals surface area contributed by atoms with E-state index in [9.17, 15) is 18.0 Å². The fourth-order valence-electron chi connectivity index (χ4n) is 5.49. The summed E-state index contributed by atoms with van der Waals surface area (Å²) in [5.41, 5.74) is 0.430. The number of benzene rings is 2. The molecule has 0 aromatic heterocycles. The van der Waals surface area contributed by atoms with Crippen LogP contribution in [-0.2, 0) is 43.1 Å². The fourth-order valence-corrected chi connectivity index (χ4v) is 5.49. The van der Waals surface area contributed by atoms with E-state index in [0.717, 1.165) is 36.1 Å². The number of rotatable bonds is 9. The summed E-state index contributed by atoms with van der Waals surface area (Å²) < 4.78 is 64.9. The van der Waals surface area contributed by atoms with E-state index in [4.69, 9.17) is 18.9 Å².